The van der Waals surface area contributed by atoms with Gasteiger partial charge in [-0.05, 0) is 31.2 Å². The summed E-state index contributed by atoms with van der Waals surface area (Å²) >= 11 is 5.97. The fraction of sp³-hybridized carbons (Fsp3) is 0.118. The number of hydrogen-bond donors (Lipinski definition) is 1. The smallest absolute Gasteiger partial charge is 0.274 e. The van der Waals surface area contributed by atoms with Gasteiger partial charge in [-0.25, -0.2) is 9.07 Å². The summed E-state index contributed by atoms with van der Waals surface area (Å²) in [6.45, 7) is 1.81. The predicted octanol–water partition coefficient (Wildman–Crippen LogP) is 3.30. The van der Waals surface area contributed by atoms with Crippen LogP contribution in [0, 0.1) is 12.7 Å². The van der Waals surface area contributed by atoms with Gasteiger partial charge >= 0.3 is 0 Å². The molecule has 122 valence electrons. The summed E-state index contributed by atoms with van der Waals surface area (Å²) < 4.78 is 15.1. The van der Waals surface area contributed by atoms with Crippen LogP contribution in [0.5, 0.6) is 0 Å². The molecule has 0 radical (unpaired) electrons. The van der Waals surface area contributed by atoms with Gasteiger partial charge in [0.25, 0.3) is 5.91 Å². The van der Waals surface area contributed by atoms with Crippen LogP contribution in [0.4, 0.5) is 4.39 Å². The molecule has 0 aliphatic heterocycles. The Morgan fingerprint density at radius 3 is 2.79 bits per heavy atom. The Kier molecular flexibility index (Phi) is 4.57. The van der Waals surface area contributed by atoms with Gasteiger partial charge in [0.2, 0.25) is 0 Å². The number of carbonyl (C=O) groups is 1. The minimum atomic E-state index is -0.413. The standard InChI is InChI=1S/C17H14ClFN4O/c1-11-16(17(24)20-10-12-5-2-3-8-15(12)19)21-22-23(11)14-7-4-6-13(18)9-14/h2-9H,10H2,1H3,(H,20,24). The van der Waals surface area contributed by atoms with Gasteiger partial charge in [0, 0.05) is 17.1 Å². The SMILES string of the molecule is Cc1c(C(=O)NCc2ccccc2F)nnn1-c1cccc(Cl)c1. The monoisotopic (exact) mass is 344 g/mol. The van der Waals surface area contributed by atoms with Crippen LogP contribution in [0.25, 0.3) is 5.69 Å². The molecule has 0 saturated heterocycles. The molecule has 0 saturated carbocycles. The van der Waals surface area contributed by atoms with Crippen LogP contribution < -0.4 is 5.32 Å². The maximum absolute atomic E-state index is 13.6. The summed E-state index contributed by atoms with van der Waals surface area (Å²) in [4.78, 5) is 12.3. The van der Waals surface area contributed by atoms with Crippen molar-refractivity contribution in [3.63, 3.8) is 0 Å². The molecule has 0 aliphatic rings. The van der Waals surface area contributed by atoms with Gasteiger partial charge in [0.15, 0.2) is 5.69 Å². The van der Waals surface area contributed by atoms with Crippen LogP contribution in [-0.4, -0.2) is 20.9 Å². The lowest BCUT2D eigenvalue weighted by Gasteiger charge is -2.06. The van der Waals surface area contributed by atoms with Crippen LogP contribution in [0.1, 0.15) is 21.7 Å². The summed E-state index contributed by atoms with van der Waals surface area (Å²) in [6.07, 6.45) is 0. The molecule has 0 aliphatic carbocycles. The summed E-state index contributed by atoms with van der Waals surface area (Å²) in [6, 6.07) is 13.4. The van der Waals surface area contributed by atoms with Crippen molar-refractivity contribution >= 4 is 17.5 Å². The fourth-order valence-electron chi connectivity index (χ4n) is 2.29. The number of rotatable bonds is 4. The third kappa shape index (κ3) is 3.28. The molecule has 3 aromatic rings. The first-order valence-electron chi connectivity index (χ1n) is 7.26. The Bertz CT molecular complexity index is 894. The highest BCUT2D eigenvalue weighted by Gasteiger charge is 2.17. The Morgan fingerprint density at radius 1 is 1.25 bits per heavy atom. The van der Waals surface area contributed by atoms with Crippen LogP contribution in [-0.2, 0) is 6.54 Å². The molecule has 1 heterocycles. The van der Waals surface area contributed by atoms with Crippen molar-refractivity contribution in [1.82, 2.24) is 20.3 Å². The van der Waals surface area contributed by atoms with Gasteiger partial charge in [-0.15, -0.1) is 5.10 Å². The lowest BCUT2D eigenvalue weighted by atomic mass is 10.2. The van der Waals surface area contributed by atoms with Crippen molar-refractivity contribution in [3.05, 3.63) is 76.3 Å². The highest BCUT2D eigenvalue weighted by molar-refractivity contribution is 6.30. The summed E-state index contributed by atoms with van der Waals surface area (Å²) in [5.41, 5.74) is 1.88. The lowest BCUT2D eigenvalue weighted by Crippen LogP contribution is -2.24. The Morgan fingerprint density at radius 2 is 2.04 bits per heavy atom. The molecule has 1 aromatic heterocycles. The summed E-state index contributed by atoms with van der Waals surface area (Å²) in [5.74, 6) is -0.777. The van der Waals surface area contributed by atoms with E-state index in [0.29, 0.717) is 22.0 Å². The van der Waals surface area contributed by atoms with Crippen LogP contribution in [0.2, 0.25) is 5.02 Å². The lowest BCUT2D eigenvalue weighted by molar-refractivity contribution is 0.0945. The Labute approximate surface area is 143 Å². The molecule has 24 heavy (non-hydrogen) atoms. The molecule has 5 nitrogen and oxygen atoms in total. The van der Waals surface area contributed by atoms with Gasteiger partial charge in [-0.2, -0.15) is 0 Å². The first-order valence-corrected chi connectivity index (χ1v) is 7.64. The second kappa shape index (κ2) is 6.80. The van der Waals surface area contributed by atoms with Crippen molar-refractivity contribution < 1.29 is 9.18 Å². The molecule has 0 bridgehead atoms. The average molecular weight is 345 g/mol. The molecular formula is C17H14ClFN4O. The third-order valence-electron chi connectivity index (χ3n) is 3.56. The zero-order valence-electron chi connectivity index (χ0n) is 12.8. The van der Waals surface area contributed by atoms with Gasteiger partial charge in [0.1, 0.15) is 5.82 Å². The molecule has 0 atom stereocenters. The largest absolute Gasteiger partial charge is 0.346 e. The van der Waals surface area contributed by atoms with E-state index in [1.165, 1.54) is 10.7 Å². The molecule has 2 aromatic carbocycles. The van der Waals surface area contributed by atoms with E-state index < -0.39 is 5.91 Å². The number of hydrogen-bond acceptors (Lipinski definition) is 3. The molecule has 3 rings (SSSR count). The number of amides is 1. The van der Waals surface area contributed by atoms with E-state index >= 15 is 0 Å². The van der Waals surface area contributed by atoms with Crippen molar-refractivity contribution in [3.8, 4) is 5.69 Å². The van der Waals surface area contributed by atoms with Crippen LogP contribution >= 0.6 is 11.6 Å². The first kappa shape index (κ1) is 16.1. The van der Waals surface area contributed by atoms with Crippen molar-refractivity contribution in [2.45, 2.75) is 13.5 Å². The van der Waals surface area contributed by atoms with E-state index in [1.54, 1.807) is 43.3 Å². The molecule has 1 amide bonds. The Hall–Kier alpha value is -2.73. The van der Waals surface area contributed by atoms with E-state index in [2.05, 4.69) is 15.6 Å². The van der Waals surface area contributed by atoms with Gasteiger partial charge < -0.3 is 5.32 Å². The number of carbonyl (C=O) groups excluding carboxylic acids is 1. The minimum Gasteiger partial charge on any atom is -0.346 e. The number of benzene rings is 2. The normalized spacial score (nSPS) is 10.6. The molecule has 0 fully saturated rings. The summed E-state index contributed by atoms with van der Waals surface area (Å²) in [7, 11) is 0. The van der Waals surface area contributed by atoms with Crippen molar-refractivity contribution in [2.75, 3.05) is 0 Å². The Balaban J connectivity index is 1.78. The highest BCUT2D eigenvalue weighted by atomic mass is 35.5. The zero-order valence-corrected chi connectivity index (χ0v) is 13.6. The van der Waals surface area contributed by atoms with Crippen molar-refractivity contribution in [2.24, 2.45) is 0 Å². The molecule has 1 N–H and O–H groups in total. The first-order chi connectivity index (χ1) is 11.6. The maximum Gasteiger partial charge on any atom is 0.274 e. The molecule has 7 heteroatoms. The van der Waals surface area contributed by atoms with Gasteiger partial charge in [-0.1, -0.05) is 41.1 Å². The van der Waals surface area contributed by atoms with E-state index in [-0.39, 0.29) is 18.1 Å². The van der Waals surface area contributed by atoms with Crippen molar-refractivity contribution in [1.29, 1.82) is 0 Å². The van der Waals surface area contributed by atoms with E-state index in [9.17, 15) is 9.18 Å². The van der Waals surface area contributed by atoms with Gasteiger partial charge in [0.05, 0.1) is 11.4 Å². The second-order valence-corrected chi connectivity index (χ2v) is 5.63. The van der Waals surface area contributed by atoms with Gasteiger partial charge in [-0.3, -0.25) is 4.79 Å². The van der Waals surface area contributed by atoms with E-state index in [4.69, 9.17) is 11.6 Å². The number of nitrogens with zero attached hydrogens (tertiary/aromatic N) is 3. The fourth-order valence-corrected chi connectivity index (χ4v) is 2.48. The third-order valence-corrected chi connectivity index (χ3v) is 3.79. The zero-order chi connectivity index (χ0) is 17.1. The molecule has 0 unspecified atom stereocenters. The van der Waals surface area contributed by atoms with Crippen LogP contribution in [0.15, 0.2) is 48.5 Å². The second-order valence-electron chi connectivity index (χ2n) is 5.19. The number of nitrogens with one attached hydrogen (secondary N) is 1. The number of aromatic nitrogens is 3. The predicted molar refractivity (Wildman–Crippen MR) is 88.7 cm³/mol. The minimum absolute atomic E-state index is 0.0783. The molecule has 0 spiro atoms. The highest BCUT2D eigenvalue weighted by Crippen LogP contribution is 2.17. The maximum atomic E-state index is 13.6. The summed E-state index contributed by atoms with van der Waals surface area (Å²) in [5, 5.41) is 11.1. The molecular weight excluding hydrogens is 331 g/mol. The van der Waals surface area contributed by atoms with E-state index in [0.717, 1.165) is 0 Å². The topological polar surface area (TPSA) is 59.8 Å². The average Bonchev–Trinajstić information content (AvgIpc) is 2.95. The quantitative estimate of drug-likeness (QED) is 0.790. The van der Waals surface area contributed by atoms with E-state index in [1.807, 2.05) is 6.07 Å². The van der Waals surface area contributed by atoms with Crippen LogP contribution in [0.3, 0.4) is 0 Å². The number of halogens is 2.